The maximum absolute atomic E-state index is 5.44. The Kier molecular flexibility index (Phi) is 5.75. The van der Waals surface area contributed by atoms with E-state index >= 15 is 0 Å². The number of hydrogen-bond donors (Lipinski definition) is 1. The first-order valence-corrected chi connectivity index (χ1v) is 6.80. The first-order valence-electron chi connectivity index (χ1n) is 5.19. The van der Waals surface area contributed by atoms with Crippen molar-refractivity contribution in [3.05, 3.63) is 20.3 Å². The van der Waals surface area contributed by atoms with Crippen LogP contribution in [0.5, 0.6) is 0 Å². The Morgan fingerprint density at radius 3 is 2.57 bits per heavy atom. The SMILES string of the molecule is Cc1cc(CCCCCCN)sc1Br. The van der Waals surface area contributed by atoms with Crippen LogP contribution >= 0.6 is 27.3 Å². The number of unbranched alkanes of at least 4 members (excludes halogenated alkanes) is 3. The van der Waals surface area contributed by atoms with E-state index < -0.39 is 0 Å². The lowest BCUT2D eigenvalue weighted by Crippen LogP contribution is -1.97. The van der Waals surface area contributed by atoms with Crippen molar-refractivity contribution >= 4 is 27.3 Å². The molecule has 1 aromatic heterocycles. The van der Waals surface area contributed by atoms with E-state index in [1.807, 2.05) is 11.3 Å². The molecule has 0 aliphatic heterocycles. The van der Waals surface area contributed by atoms with E-state index in [0.29, 0.717) is 0 Å². The smallest absolute Gasteiger partial charge is 0.0730 e. The molecule has 1 aromatic rings. The van der Waals surface area contributed by atoms with Crippen molar-refractivity contribution in [2.75, 3.05) is 6.54 Å². The van der Waals surface area contributed by atoms with Gasteiger partial charge in [0.15, 0.2) is 0 Å². The summed E-state index contributed by atoms with van der Waals surface area (Å²) >= 11 is 5.42. The molecule has 0 spiro atoms. The predicted molar refractivity (Wildman–Crippen MR) is 68.0 cm³/mol. The van der Waals surface area contributed by atoms with E-state index in [2.05, 4.69) is 28.9 Å². The fourth-order valence-electron chi connectivity index (χ4n) is 1.44. The molecular weight excluding hydrogens is 258 g/mol. The molecular formula is C11H18BrNS. The summed E-state index contributed by atoms with van der Waals surface area (Å²) in [6.45, 7) is 2.99. The number of aryl methyl sites for hydroxylation is 2. The summed E-state index contributed by atoms with van der Waals surface area (Å²) in [7, 11) is 0. The Morgan fingerprint density at radius 1 is 1.29 bits per heavy atom. The van der Waals surface area contributed by atoms with Crippen LogP contribution in [0.3, 0.4) is 0 Å². The van der Waals surface area contributed by atoms with Gasteiger partial charge in [-0.25, -0.2) is 0 Å². The number of halogens is 1. The third-order valence-electron chi connectivity index (χ3n) is 2.29. The van der Waals surface area contributed by atoms with Gasteiger partial charge in [-0.3, -0.25) is 0 Å². The zero-order valence-electron chi connectivity index (χ0n) is 8.68. The van der Waals surface area contributed by atoms with Gasteiger partial charge in [-0.15, -0.1) is 11.3 Å². The van der Waals surface area contributed by atoms with Crippen LogP contribution in [0.1, 0.15) is 36.1 Å². The van der Waals surface area contributed by atoms with Gasteiger partial charge in [0.1, 0.15) is 0 Å². The standard InChI is InChI=1S/C11H18BrNS/c1-9-8-10(14-11(9)12)6-4-2-3-5-7-13/h8H,2-7,13H2,1H3. The largest absolute Gasteiger partial charge is 0.330 e. The summed E-state index contributed by atoms with van der Waals surface area (Å²) in [5.74, 6) is 0. The van der Waals surface area contributed by atoms with Crippen molar-refractivity contribution in [1.29, 1.82) is 0 Å². The maximum atomic E-state index is 5.44. The third-order valence-corrected chi connectivity index (χ3v) is 4.48. The zero-order valence-corrected chi connectivity index (χ0v) is 11.1. The second kappa shape index (κ2) is 6.59. The predicted octanol–water partition coefficient (Wildman–Crippen LogP) is 3.88. The Balaban J connectivity index is 2.18. The summed E-state index contributed by atoms with van der Waals surface area (Å²) in [5.41, 5.74) is 6.81. The minimum Gasteiger partial charge on any atom is -0.330 e. The highest BCUT2D eigenvalue weighted by atomic mass is 79.9. The molecule has 1 heterocycles. The van der Waals surface area contributed by atoms with Crippen LogP contribution in [0.2, 0.25) is 0 Å². The van der Waals surface area contributed by atoms with Crippen LogP contribution < -0.4 is 5.73 Å². The third kappa shape index (κ3) is 4.11. The average molecular weight is 276 g/mol. The fourth-order valence-corrected chi connectivity index (χ4v) is 3.11. The van der Waals surface area contributed by atoms with Gasteiger partial charge in [-0.2, -0.15) is 0 Å². The highest BCUT2D eigenvalue weighted by molar-refractivity contribution is 9.11. The van der Waals surface area contributed by atoms with Gasteiger partial charge in [0.05, 0.1) is 3.79 Å². The zero-order chi connectivity index (χ0) is 10.4. The topological polar surface area (TPSA) is 26.0 Å². The van der Waals surface area contributed by atoms with Crippen molar-refractivity contribution in [3.8, 4) is 0 Å². The van der Waals surface area contributed by atoms with E-state index in [-0.39, 0.29) is 0 Å². The molecule has 0 aliphatic carbocycles. The molecule has 3 heteroatoms. The van der Waals surface area contributed by atoms with Gasteiger partial charge in [-0.1, -0.05) is 12.8 Å². The number of thiophene rings is 1. The monoisotopic (exact) mass is 275 g/mol. The Labute approximate surface area is 98.8 Å². The average Bonchev–Trinajstić information content (AvgIpc) is 2.46. The van der Waals surface area contributed by atoms with Crippen LogP contribution in [0, 0.1) is 6.92 Å². The Hall–Kier alpha value is 0.140. The Morgan fingerprint density at radius 2 is 2.00 bits per heavy atom. The molecule has 0 bridgehead atoms. The fraction of sp³-hybridized carbons (Fsp3) is 0.636. The molecule has 0 fully saturated rings. The maximum Gasteiger partial charge on any atom is 0.0730 e. The van der Waals surface area contributed by atoms with Gasteiger partial charge in [-0.05, 0) is 60.3 Å². The van der Waals surface area contributed by atoms with Crippen molar-refractivity contribution in [2.45, 2.75) is 39.0 Å². The van der Waals surface area contributed by atoms with Gasteiger partial charge < -0.3 is 5.73 Å². The van der Waals surface area contributed by atoms with Crippen LogP contribution in [0.25, 0.3) is 0 Å². The molecule has 1 rings (SSSR count). The minimum absolute atomic E-state index is 0.837. The summed E-state index contributed by atoms with van der Waals surface area (Å²) in [6, 6.07) is 2.29. The number of hydrogen-bond acceptors (Lipinski definition) is 2. The van der Waals surface area contributed by atoms with E-state index in [9.17, 15) is 0 Å². The summed E-state index contributed by atoms with van der Waals surface area (Å²) in [6.07, 6.45) is 6.29. The van der Waals surface area contributed by atoms with Crippen molar-refractivity contribution in [2.24, 2.45) is 5.73 Å². The van der Waals surface area contributed by atoms with E-state index in [0.717, 1.165) is 6.54 Å². The summed E-state index contributed by atoms with van der Waals surface area (Å²) < 4.78 is 1.29. The molecule has 0 aromatic carbocycles. The summed E-state index contributed by atoms with van der Waals surface area (Å²) in [4.78, 5) is 1.50. The molecule has 0 radical (unpaired) electrons. The van der Waals surface area contributed by atoms with E-state index in [1.54, 1.807) is 0 Å². The second-order valence-electron chi connectivity index (χ2n) is 3.62. The number of nitrogens with two attached hydrogens (primary N) is 1. The van der Waals surface area contributed by atoms with Crippen LogP contribution in [0.4, 0.5) is 0 Å². The lowest BCUT2D eigenvalue weighted by molar-refractivity contribution is 0.649. The highest BCUT2D eigenvalue weighted by Gasteiger charge is 2.01. The first kappa shape index (κ1) is 12.2. The molecule has 14 heavy (non-hydrogen) atoms. The molecule has 1 nitrogen and oxygen atoms in total. The van der Waals surface area contributed by atoms with Gasteiger partial charge in [0.2, 0.25) is 0 Å². The van der Waals surface area contributed by atoms with E-state index in [1.165, 1.54) is 46.3 Å². The molecule has 0 aliphatic rings. The van der Waals surface area contributed by atoms with E-state index in [4.69, 9.17) is 5.73 Å². The molecule has 2 N–H and O–H groups in total. The number of rotatable bonds is 6. The van der Waals surface area contributed by atoms with Crippen molar-refractivity contribution in [3.63, 3.8) is 0 Å². The molecule has 0 saturated carbocycles. The molecule has 0 unspecified atom stereocenters. The molecule has 0 atom stereocenters. The normalized spacial score (nSPS) is 10.8. The van der Waals surface area contributed by atoms with Crippen molar-refractivity contribution in [1.82, 2.24) is 0 Å². The Bertz CT molecular complexity index is 251. The second-order valence-corrected chi connectivity index (χ2v) is 6.08. The summed E-state index contributed by atoms with van der Waals surface area (Å²) in [5, 5.41) is 0. The van der Waals surface area contributed by atoms with Crippen LogP contribution in [-0.2, 0) is 6.42 Å². The minimum atomic E-state index is 0.837. The quantitative estimate of drug-likeness (QED) is 0.784. The van der Waals surface area contributed by atoms with Gasteiger partial charge in [0.25, 0.3) is 0 Å². The van der Waals surface area contributed by atoms with Crippen LogP contribution in [0.15, 0.2) is 9.85 Å². The highest BCUT2D eigenvalue weighted by Crippen LogP contribution is 2.28. The lowest BCUT2D eigenvalue weighted by atomic mass is 10.1. The molecule has 80 valence electrons. The lowest BCUT2D eigenvalue weighted by Gasteiger charge is -1.97. The molecule has 0 amide bonds. The molecule has 0 saturated heterocycles. The van der Waals surface area contributed by atoms with Crippen LogP contribution in [-0.4, -0.2) is 6.54 Å². The van der Waals surface area contributed by atoms with Gasteiger partial charge in [0, 0.05) is 4.88 Å². The van der Waals surface area contributed by atoms with Gasteiger partial charge >= 0.3 is 0 Å². The van der Waals surface area contributed by atoms with Crippen molar-refractivity contribution < 1.29 is 0 Å². The first-order chi connectivity index (χ1) is 6.74.